The molecule has 0 aliphatic rings. The number of para-hydroxylation sites is 1. The Morgan fingerprint density at radius 3 is 2.68 bits per heavy atom. The van der Waals surface area contributed by atoms with Crippen LogP contribution in [0.4, 0.5) is 5.69 Å². The van der Waals surface area contributed by atoms with E-state index in [4.69, 9.17) is 22.1 Å². The van der Waals surface area contributed by atoms with Crippen LogP contribution in [0, 0.1) is 0 Å². The highest BCUT2D eigenvalue weighted by Crippen LogP contribution is 2.25. The summed E-state index contributed by atoms with van der Waals surface area (Å²) in [7, 11) is 0.414. The number of ether oxygens (including phenoxy) is 1. The SMILES string of the molecule is COc1ccccc1CS(=O)c1ccc(N)c(Cl)c1. The lowest BCUT2D eigenvalue weighted by molar-refractivity contribution is 0.411. The van der Waals surface area contributed by atoms with E-state index in [1.54, 1.807) is 25.3 Å². The van der Waals surface area contributed by atoms with Crippen molar-refractivity contribution in [3.05, 3.63) is 53.1 Å². The number of anilines is 1. The van der Waals surface area contributed by atoms with Gasteiger partial charge in [0.15, 0.2) is 0 Å². The summed E-state index contributed by atoms with van der Waals surface area (Å²) < 4.78 is 17.5. The van der Waals surface area contributed by atoms with Gasteiger partial charge < -0.3 is 10.5 Å². The fourth-order valence-corrected chi connectivity index (χ4v) is 3.10. The monoisotopic (exact) mass is 295 g/mol. The van der Waals surface area contributed by atoms with Crippen molar-refractivity contribution in [2.75, 3.05) is 12.8 Å². The molecule has 0 fully saturated rings. The number of benzene rings is 2. The van der Waals surface area contributed by atoms with E-state index in [0.29, 0.717) is 21.4 Å². The van der Waals surface area contributed by atoms with Crippen LogP contribution in [-0.4, -0.2) is 11.3 Å². The zero-order chi connectivity index (χ0) is 13.8. The molecule has 19 heavy (non-hydrogen) atoms. The van der Waals surface area contributed by atoms with Crippen LogP contribution in [0.1, 0.15) is 5.56 Å². The van der Waals surface area contributed by atoms with Gasteiger partial charge in [0.2, 0.25) is 0 Å². The second kappa shape index (κ2) is 6.08. The molecule has 0 heterocycles. The van der Waals surface area contributed by atoms with Crippen molar-refractivity contribution < 1.29 is 8.95 Å². The molecule has 2 N–H and O–H groups in total. The number of nitrogens with two attached hydrogens (primary N) is 1. The molecule has 0 amide bonds. The first-order valence-electron chi connectivity index (χ1n) is 5.67. The summed E-state index contributed by atoms with van der Waals surface area (Å²) in [5.74, 6) is 1.11. The highest BCUT2D eigenvalue weighted by Gasteiger charge is 2.10. The summed E-state index contributed by atoms with van der Waals surface area (Å²) in [6.45, 7) is 0. The normalized spacial score (nSPS) is 12.1. The Hall–Kier alpha value is -1.52. The second-order valence-corrected chi connectivity index (χ2v) is 5.84. The van der Waals surface area contributed by atoms with Gasteiger partial charge in [0, 0.05) is 10.5 Å². The zero-order valence-electron chi connectivity index (χ0n) is 10.4. The van der Waals surface area contributed by atoms with Crippen molar-refractivity contribution in [3.8, 4) is 5.75 Å². The fourth-order valence-electron chi connectivity index (χ4n) is 1.70. The molecule has 0 spiro atoms. The van der Waals surface area contributed by atoms with Gasteiger partial charge in [-0.25, -0.2) is 0 Å². The summed E-state index contributed by atoms with van der Waals surface area (Å²) in [5, 5.41) is 0.422. The van der Waals surface area contributed by atoms with Crippen LogP contribution in [0.15, 0.2) is 47.4 Å². The van der Waals surface area contributed by atoms with Crippen LogP contribution in [0.25, 0.3) is 0 Å². The van der Waals surface area contributed by atoms with Gasteiger partial charge in [-0.3, -0.25) is 4.21 Å². The van der Waals surface area contributed by atoms with Gasteiger partial charge in [-0.05, 0) is 24.3 Å². The highest BCUT2D eigenvalue weighted by molar-refractivity contribution is 7.84. The molecule has 2 rings (SSSR count). The summed E-state index contributed by atoms with van der Waals surface area (Å²) in [6.07, 6.45) is 0. The van der Waals surface area contributed by atoms with Crippen LogP contribution >= 0.6 is 11.6 Å². The number of hydrogen-bond acceptors (Lipinski definition) is 3. The van der Waals surface area contributed by atoms with Gasteiger partial charge in [-0.1, -0.05) is 29.8 Å². The Balaban J connectivity index is 2.23. The smallest absolute Gasteiger partial charge is 0.122 e. The standard InChI is InChI=1S/C14H14ClNO2S/c1-18-14-5-3-2-4-10(14)9-19(17)11-6-7-13(16)12(15)8-11/h2-8H,9,16H2,1H3. The maximum Gasteiger partial charge on any atom is 0.122 e. The molecular weight excluding hydrogens is 282 g/mol. The van der Waals surface area contributed by atoms with Crippen molar-refractivity contribution in [3.63, 3.8) is 0 Å². The summed E-state index contributed by atoms with van der Waals surface area (Å²) >= 11 is 5.94. The van der Waals surface area contributed by atoms with Crippen molar-refractivity contribution in [1.82, 2.24) is 0 Å². The Labute approximate surface area is 119 Å². The first-order chi connectivity index (χ1) is 9.11. The molecule has 0 aliphatic carbocycles. The zero-order valence-corrected chi connectivity index (χ0v) is 12.0. The van der Waals surface area contributed by atoms with Gasteiger partial charge in [0.1, 0.15) is 5.75 Å². The Bertz CT molecular complexity index is 616. The third kappa shape index (κ3) is 3.28. The maximum atomic E-state index is 12.3. The molecule has 1 atom stereocenters. The molecule has 3 nitrogen and oxygen atoms in total. The van der Waals surface area contributed by atoms with Gasteiger partial charge >= 0.3 is 0 Å². The van der Waals surface area contributed by atoms with E-state index >= 15 is 0 Å². The van der Waals surface area contributed by atoms with Crippen molar-refractivity contribution in [1.29, 1.82) is 0 Å². The Morgan fingerprint density at radius 2 is 2.00 bits per heavy atom. The molecule has 0 saturated heterocycles. The van der Waals surface area contributed by atoms with E-state index in [-0.39, 0.29) is 0 Å². The van der Waals surface area contributed by atoms with E-state index in [9.17, 15) is 4.21 Å². The van der Waals surface area contributed by atoms with Gasteiger partial charge in [-0.15, -0.1) is 0 Å². The molecule has 100 valence electrons. The topological polar surface area (TPSA) is 52.3 Å². The molecule has 2 aromatic carbocycles. The fraction of sp³-hybridized carbons (Fsp3) is 0.143. The summed E-state index contributed by atoms with van der Waals surface area (Å²) in [5.41, 5.74) is 7.02. The highest BCUT2D eigenvalue weighted by atomic mass is 35.5. The average Bonchev–Trinajstić information content (AvgIpc) is 2.42. The molecule has 0 bridgehead atoms. The predicted molar refractivity (Wildman–Crippen MR) is 79.0 cm³/mol. The molecule has 1 unspecified atom stereocenters. The quantitative estimate of drug-likeness (QED) is 0.881. The number of halogens is 1. The van der Waals surface area contributed by atoms with Crippen LogP contribution < -0.4 is 10.5 Å². The molecule has 0 aromatic heterocycles. The van der Waals surface area contributed by atoms with Crippen molar-refractivity contribution in [2.45, 2.75) is 10.6 Å². The number of rotatable bonds is 4. The predicted octanol–water partition coefficient (Wildman–Crippen LogP) is 3.24. The molecule has 2 aromatic rings. The minimum Gasteiger partial charge on any atom is -0.496 e. The van der Waals surface area contributed by atoms with Crippen LogP contribution in [-0.2, 0) is 16.6 Å². The van der Waals surface area contributed by atoms with Gasteiger partial charge in [0.25, 0.3) is 0 Å². The van der Waals surface area contributed by atoms with Crippen molar-refractivity contribution >= 4 is 28.1 Å². The molecule has 0 radical (unpaired) electrons. The van der Waals surface area contributed by atoms with E-state index in [0.717, 1.165) is 11.3 Å². The lowest BCUT2D eigenvalue weighted by Gasteiger charge is -2.08. The number of methoxy groups -OCH3 is 1. The molecule has 0 aliphatic heterocycles. The molecule has 0 saturated carbocycles. The number of hydrogen-bond donors (Lipinski definition) is 1. The van der Waals surface area contributed by atoms with Gasteiger partial charge in [-0.2, -0.15) is 0 Å². The van der Waals surface area contributed by atoms with E-state index in [2.05, 4.69) is 0 Å². The Kier molecular flexibility index (Phi) is 4.45. The summed E-state index contributed by atoms with van der Waals surface area (Å²) in [6, 6.07) is 12.6. The van der Waals surface area contributed by atoms with Crippen LogP contribution in [0.5, 0.6) is 5.75 Å². The molecular formula is C14H14ClNO2S. The minimum absolute atomic E-state index is 0.379. The lowest BCUT2D eigenvalue weighted by Crippen LogP contribution is -1.99. The second-order valence-electron chi connectivity index (χ2n) is 3.99. The molecule has 5 heteroatoms. The number of nitrogen functional groups attached to an aromatic ring is 1. The third-order valence-corrected chi connectivity index (χ3v) is 4.39. The largest absolute Gasteiger partial charge is 0.496 e. The first kappa shape index (κ1) is 13.9. The van der Waals surface area contributed by atoms with Gasteiger partial charge in [0.05, 0.1) is 34.4 Å². The summed E-state index contributed by atoms with van der Waals surface area (Å²) in [4.78, 5) is 0.658. The maximum absolute atomic E-state index is 12.3. The average molecular weight is 296 g/mol. The Morgan fingerprint density at radius 1 is 1.26 bits per heavy atom. The van der Waals surface area contributed by atoms with Crippen molar-refractivity contribution in [2.24, 2.45) is 0 Å². The minimum atomic E-state index is -1.18. The van der Waals surface area contributed by atoms with E-state index in [1.165, 1.54) is 0 Å². The third-order valence-electron chi connectivity index (χ3n) is 2.71. The van der Waals surface area contributed by atoms with E-state index < -0.39 is 10.8 Å². The van der Waals surface area contributed by atoms with E-state index in [1.807, 2.05) is 24.3 Å². The van der Waals surface area contributed by atoms with Crippen LogP contribution in [0.3, 0.4) is 0 Å². The lowest BCUT2D eigenvalue weighted by atomic mass is 10.2. The van der Waals surface area contributed by atoms with Crippen LogP contribution in [0.2, 0.25) is 5.02 Å². The first-order valence-corrected chi connectivity index (χ1v) is 7.37.